The largest absolute Gasteiger partial charge is 0.366 e. The fraction of sp³-hybridized carbons (Fsp3) is 0.571. The van der Waals surface area contributed by atoms with Crippen LogP contribution in [0.5, 0.6) is 0 Å². The molecule has 2 heteroatoms. The van der Waals surface area contributed by atoms with Gasteiger partial charge in [0.2, 0.25) is 0 Å². The van der Waals surface area contributed by atoms with E-state index in [1.807, 2.05) is 0 Å². The molecule has 0 radical (unpaired) electrons. The molecule has 1 rings (SSSR count). The van der Waals surface area contributed by atoms with E-state index in [0.717, 1.165) is 6.42 Å². The number of ketones is 1. The molecule has 0 aromatic rings. The quantitative estimate of drug-likeness (QED) is 0.488. The Morgan fingerprint density at radius 3 is 3.00 bits per heavy atom. The second-order valence-corrected chi connectivity index (χ2v) is 2.10. The minimum Gasteiger partial charge on any atom is -0.366 e. The zero-order valence-corrected chi connectivity index (χ0v) is 5.30. The van der Waals surface area contributed by atoms with E-state index in [1.54, 1.807) is 6.08 Å². The van der Waals surface area contributed by atoms with Crippen molar-refractivity contribution in [1.29, 1.82) is 0 Å². The van der Waals surface area contributed by atoms with Crippen molar-refractivity contribution >= 4 is 5.78 Å². The third kappa shape index (κ3) is 1.39. The molecule has 0 aromatic carbocycles. The van der Waals surface area contributed by atoms with Crippen LogP contribution in [0.4, 0.5) is 0 Å². The van der Waals surface area contributed by atoms with Crippen LogP contribution in [-0.4, -0.2) is 18.5 Å². The lowest BCUT2D eigenvalue weighted by Crippen LogP contribution is -2.27. The van der Waals surface area contributed by atoms with E-state index >= 15 is 0 Å². The first kappa shape index (κ1) is 6.49. The van der Waals surface area contributed by atoms with Crippen molar-refractivity contribution < 1.29 is 9.53 Å². The second kappa shape index (κ2) is 2.78. The van der Waals surface area contributed by atoms with Crippen molar-refractivity contribution in [2.45, 2.75) is 18.9 Å². The molecule has 1 fully saturated rings. The van der Waals surface area contributed by atoms with Crippen LogP contribution >= 0.6 is 0 Å². The molecule has 1 atom stereocenters. The van der Waals surface area contributed by atoms with E-state index in [4.69, 9.17) is 4.74 Å². The van der Waals surface area contributed by atoms with Crippen LogP contribution in [0, 0.1) is 0 Å². The molecule has 1 aliphatic rings. The van der Waals surface area contributed by atoms with Gasteiger partial charge in [-0.05, 0) is 6.42 Å². The van der Waals surface area contributed by atoms with Crippen LogP contribution in [0.25, 0.3) is 0 Å². The number of Topliss-reactive ketones (excluding diaryl/α,β-unsaturated/α-hetero) is 1. The van der Waals surface area contributed by atoms with Crippen molar-refractivity contribution in [3.05, 3.63) is 12.7 Å². The minimum absolute atomic E-state index is 0.163. The minimum atomic E-state index is -0.321. The summed E-state index contributed by atoms with van der Waals surface area (Å²) in [6, 6.07) is 0. The second-order valence-electron chi connectivity index (χ2n) is 2.10. The highest BCUT2D eigenvalue weighted by Crippen LogP contribution is 2.08. The SMILES string of the molecule is C=CC1OCCCC1=O. The number of hydrogen-bond donors (Lipinski definition) is 0. The van der Waals surface area contributed by atoms with Crippen molar-refractivity contribution in [1.82, 2.24) is 0 Å². The summed E-state index contributed by atoms with van der Waals surface area (Å²) < 4.78 is 5.07. The van der Waals surface area contributed by atoms with Crippen molar-refractivity contribution in [3.8, 4) is 0 Å². The zero-order valence-electron chi connectivity index (χ0n) is 5.30. The molecule has 9 heavy (non-hydrogen) atoms. The topological polar surface area (TPSA) is 26.3 Å². The Kier molecular flexibility index (Phi) is 2.01. The molecule has 0 aliphatic carbocycles. The molecule has 2 nitrogen and oxygen atoms in total. The standard InChI is InChI=1S/C7H10O2/c1-2-7-6(8)4-3-5-9-7/h2,7H,1,3-5H2. The van der Waals surface area contributed by atoms with Gasteiger partial charge in [0.05, 0.1) is 0 Å². The summed E-state index contributed by atoms with van der Waals surface area (Å²) >= 11 is 0. The highest BCUT2D eigenvalue weighted by Gasteiger charge is 2.18. The van der Waals surface area contributed by atoms with E-state index in [9.17, 15) is 4.79 Å². The third-order valence-electron chi connectivity index (χ3n) is 1.40. The van der Waals surface area contributed by atoms with E-state index in [1.165, 1.54) is 0 Å². The Bertz CT molecular complexity index is 129. The van der Waals surface area contributed by atoms with Gasteiger partial charge in [-0.3, -0.25) is 4.79 Å². The first-order valence-corrected chi connectivity index (χ1v) is 3.11. The van der Waals surface area contributed by atoms with Crippen LogP contribution in [0.1, 0.15) is 12.8 Å². The van der Waals surface area contributed by atoms with Crippen LogP contribution in [-0.2, 0) is 9.53 Å². The Hall–Kier alpha value is -0.630. The van der Waals surface area contributed by atoms with Gasteiger partial charge >= 0.3 is 0 Å². The summed E-state index contributed by atoms with van der Waals surface area (Å²) in [6.45, 7) is 4.19. The fourth-order valence-corrected chi connectivity index (χ4v) is 0.891. The molecular weight excluding hydrogens is 116 g/mol. The lowest BCUT2D eigenvalue weighted by Gasteiger charge is -2.17. The van der Waals surface area contributed by atoms with Gasteiger partial charge in [0.25, 0.3) is 0 Å². The normalized spacial score (nSPS) is 28.0. The zero-order chi connectivity index (χ0) is 6.69. The Balaban J connectivity index is 2.48. The summed E-state index contributed by atoms with van der Waals surface area (Å²) in [4.78, 5) is 10.8. The molecule has 0 aromatic heterocycles. The predicted octanol–water partition coefficient (Wildman–Crippen LogP) is 0.920. The molecule has 0 amide bonds. The number of hydrogen-bond acceptors (Lipinski definition) is 2. The lowest BCUT2D eigenvalue weighted by atomic mass is 10.1. The van der Waals surface area contributed by atoms with Gasteiger partial charge in [-0.15, -0.1) is 6.58 Å². The van der Waals surface area contributed by atoms with E-state index < -0.39 is 0 Å². The van der Waals surface area contributed by atoms with Crippen molar-refractivity contribution in [3.63, 3.8) is 0 Å². The van der Waals surface area contributed by atoms with E-state index in [2.05, 4.69) is 6.58 Å². The Morgan fingerprint density at radius 1 is 1.78 bits per heavy atom. The number of carbonyl (C=O) groups is 1. The number of rotatable bonds is 1. The monoisotopic (exact) mass is 126 g/mol. The van der Waals surface area contributed by atoms with Crippen LogP contribution in [0.2, 0.25) is 0 Å². The van der Waals surface area contributed by atoms with Gasteiger partial charge in [0.1, 0.15) is 6.10 Å². The van der Waals surface area contributed by atoms with Crippen molar-refractivity contribution in [2.24, 2.45) is 0 Å². The summed E-state index contributed by atoms with van der Waals surface area (Å²) in [5.74, 6) is 0.163. The van der Waals surface area contributed by atoms with E-state index in [0.29, 0.717) is 13.0 Å². The number of carbonyl (C=O) groups excluding carboxylic acids is 1. The maximum atomic E-state index is 10.8. The molecule has 1 heterocycles. The van der Waals surface area contributed by atoms with Gasteiger partial charge in [-0.1, -0.05) is 6.08 Å². The molecule has 50 valence electrons. The highest BCUT2D eigenvalue weighted by molar-refractivity contribution is 5.85. The van der Waals surface area contributed by atoms with Gasteiger partial charge in [0.15, 0.2) is 5.78 Å². The first-order chi connectivity index (χ1) is 4.34. The van der Waals surface area contributed by atoms with Gasteiger partial charge in [0, 0.05) is 13.0 Å². The maximum absolute atomic E-state index is 10.8. The molecule has 1 saturated heterocycles. The maximum Gasteiger partial charge on any atom is 0.165 e. The van der Waals surface area contributed by atoms with Crippen LogP contribution in [0.15, 0.2) is 12.7 Å². The molecular formula is C7H10O2. The third-order valence-corrected chi connectivity index (χ3v) is 1.40. The van der Waals surface area contributed by atoms with Gasteiger partial charge in [-0.2, -0.15) is 0 Å². The Morgan fingerprint density at radius 2 is 2.56 bits per heavy atom. The van der Waals surface area contributed by atoms with Gasteiger partial charge < -0.3 is 4.74 Å². The predicted molar refractivity (Wildman–Crippen MR) is 34.2 cm³/mol. The molecule has 1 aliphatic heterocycles. The first-order valence-electron chi connectivity index (χ1n) is 3.11. The summed E-state index contributed by atoms with van der Waals surface area (Å²) in [5.41, 5.74) is 0. The van der Waals surface area contributed by atoms with Crippen LogP contribution in [0.3, 0.4) is 0 Å². The van der Waals surface area contributed by atoms with Gasteiger partial charge in [-0.25, -0.2) is 0 Å². The number of ether oxygens (including phenoxy) is 1. The molecule has 1 unspecified atom stereocenters. The summed E-state index contributed by atoms with van der Waals surface area (Å²) in [5, 5.41) is 0. The summed E-state index contributed by atoms with van der Waals surface area (Å²) in [6.07, 6.45) is 2.75. The molecule has 0 bridgehead atoms. The fourth-order valence-electron chi connectivity index (χ4n) is 0.891. The molecule has 0 saturated carbocycles. The molecule has 0 spiro atoms. The Labute approximate surface area is 54.5 Å². The summed E-state index contributed by atoms with van der Waals surface area (Å²) in [7, 11) is 0. The lowest BCUT2D eigenvalue weighted by molar-refractivity contribution is -0.131. The highest BCUT2D eigenvalue weighted by atomic mass is 16.5. The average Bonchev–Trinajstić information content (AvgIpc) is 1.89. The average molecular weight is 126 g/mol. The smallest absolute Gasteiger partial charge is 0.165 e. The molecule has 0 N–H and O–H groups in total. The van der Waals surface area contributed by atoms with Crippen molar-refractivity contribution in [2.75, 3.05) is 6.61 Å². The van der Waals surface area contributed by atoms with E-state index in [-0.39, 0.29) is 11.9 Å². The van der Waals surface area contributed by atoms with Crippen LogP contribution < -0.4 is 0 Å².